The minimum atomic E-state index is 0.397. The Balaban J connectivity index is 2.45. The fourth-order valence-electron chi connectivity index (χ4n) is 0.966. The third kappa shape index (κ3) is 1.31. The van der Waals surface area contributed by atoms with Crippen molar-refractivity contribution >= 4 is 11.6 Å². The van der Waals surface area contributed by atoms with Gasteiger partial charge in [-0.3, -0.25) is 4.98 Å². The molecule has 0 saturated heterocycles. The van der Waals surface area contributed by atoms with Gasteiger partial charge in [-0.15, -0.1) is 0 Å². The molecule has 0 aromatic carbocycles. The lowest BCUT2D eigenvalue weighted by Gasteiger charge is -1.92. The fourth-order valence-corrected chi connectivity index (χ4v) is 1.12. The van der Waals surface area contributed by atoms with E-state index in [1.807, 2.05) is 12.1 Å². The molecular weight excluding hydrogens is 174 g/mol. The van der Waals surface area contributed by atoms with Gasteiger partial charge in [-0.05, 0) is 23.7 Å². The van der Waals surface area contributed by atoms with Crippen molar-refractivity contribution in [3.8, 4) is 11.3 Å². The van der Waals surface area contributed by atoms with Crippen LogP contribution >= 0.6 is 11.6 Å². The molecule has 3 nitrogen and oxygen atoms in total. The highest BCUT2D eigenvalue weighted by Crippen LogP contribution is 2.16. The van der Waals surface area contributed by atoms with E-state index in [1.54, 1.807) is 18.6 Å². The second-order valence-electron chi connectivity index (χ2n) is 2.33. The zero-order chi connectivity index (χ0) is 8.39. The van der Waals surface area contributed by atoms with Crippen molar-refractivity contribution in [1.29, 1.82) is 0 Å². The van der Waals surface area contributed by atoms with Gasteiger partial charge in [0.05, 0.1) is 11.9 Å². The van der Waals surface area contributed by atoms with Gasteiger partial charge in [0.1, 0.15) is 0 Å². The van der Waals surface area contributed by atoms with Gasteiger partial charge in [0.15, 0.2) is 5.28 Å². The van der Waals surface area contributed by atoms with Crippen molar-refractivity contribution in [3.05, 3.63) is 36.0 Å². The third-order valence-electron chi connectivity index (χ3n) is 1.52. The van der Waals surface area contributed by atoms with Crippen LogP contribution in [0.3, 0.4) is 0 Å². The van der Waals surface area contributed by atoms with Crippen LogP contribution < -0.4 is 0 Å². The molecule has 0 aliphatic heterocycles. The monoisotopic (exact) mass is 179 g/mol. The SMILES string of the molecule is Clc1ncc(-c2cccnc2)[nH]1. The number of H-pyrrole nitrogens is 1. The number of hydrogen-bond donors (Lipinski definition) is 1. The summed E-state index contributed by atoms with van der Waals surface area (Å²) in [5, 5.41) is 0.397. The first-order chi connectivity index (χ1) is 5.86. The van der Waals surface area contributed by atoms with E-state index in [0.29, 0.717) is 5.28 Å². The van der Waals surface area contributed by atoms with Crippen molar-refractivity contribution < 1.29 is 0 Å². The van der Waals surface area contributed by atoms with E-state index in [9.17, 15) is 0 Å². The lowest BCUT2D eigenvalue weighted by molar-refractivity contribution is 1.29. The summed E-state index contributed by atoms with van der Waals surface area (Å²) in [5.74, 6) is 0. The number of nitrogens with zero attached hydrogens (tertiary/aromatic N) is 2. The second kappa shape index (κ2) is 2.95. The molecule has 0 radical (unpaired) electrons. The molecule has 2 aromatic rings. The maximum Gasteiger partial charge on any atom is 0.200 e. The first-order valence-corrected chi connectivity index (χ1v) is 3.85. The fraction of sp³-hybridized carbons (Fsp3) is 0. The standard InChI is InChI=1S/C8H6ClN3/c9-8-11-5-7(12-8)6-2-1-3-10-4-6/h1-5H,(H,11,12). The highest BCUT2D eigenvalue weighted by Gasteiger charge is 1.99. The molecule has 0 spiro atoms. The van der Waals surface area contributed by atoms with Gasteiger partial charge in [0.25, 0.3) is 0 Å². The van der Waals surface area contributed by atoms with Crippen LogP contribution in [-0.2, 0) is 0 Å². The number of aromatic nitrogens is 3. The predicted octanol–water partition coefficient (Wildman–Crippen LogP) is 2.13. The molecule has 0 atom stereocenters. The van der Waals surface area contributed by atoms with Crippen LogP contribution in [0.25, 0.3) is 11.3 Å². The smallest absolute Gasteiger partial charge is 0.200 e. The Labute approximate surface area is 74.4 Å². The number of aromatic amines is 1. The minimum absolute atomic E-state index is 0.397. The maximum absolute atomic E-state index is 5.62. The molecule has 0 fully saturated rings. The third-order valence-corrected chi connectivity index (χ3v) is 1.71. The van der Waals surface area contributed by atoms with Crippen LogP contribution in [0.4, 0.5) is 0 Å². The molecular formula is C8H6ClN3. The molecule has 0 amide bonds. The van der Waals surface area contributed by atoms with E-state index in [-0.39, 0.29) is 0 Å². The topological polar surface area (TPSA) is 41.6 Å². The van der Waals surface area contributed by atoms with Gasteiger partial charge in [-0.25, -0.2) is 4.98 Å². The highest BCUT2D eigenvalue weighted by molar-refractivity contribution is 6.28. The number of rotatable bonds is 1. The molecule has 4 heteroatoms. The number of imidazole rings is 1. The summed E-state index contributed by atoms with van der Waals surface area (Å²) in [6, 6.07) is 3.81. The largest absolute Gasteiger partial charge is 0.329 e. The van der Waals surface area contributed by atoms with Gasteiger partial charge in [0.2, 0.25) is 0 Å². The first kappa shape index (κ1) is 7.31. The Morgan fingerprint density at radius 3 is 2.83 bits per heavy atom. The molecule has 0 bridgehead atoms. The van der Waals surface area contributed by atoms with Gasteiger partial charge < -0.3 is 4.98 Å². The summed E-state index contributed by atoms with van der Waals surface area (Å²) in [4.78, 5) is 10.8. The summed E-state index contributed by atoms with van der Waals surface area (Å²) in [7, 11) is 0. The zero-order valence-electron chi connectivity index (χ0n) is 6.16. The number of hydrogen-bond acceptors (Lipinski definition) is 2. The number of nitrogens with one attached hydrogen (secondary N) is 1. The van der Waals surface area contributed by atoms with Crippen molar-refractivity contribution in [2.45, 2.75) is 0 Å². The van der Waals surface area contributed by atoms with E-state index in [1.165, 1.54) is 0 Å². The van der Waals surface area contributed by atoms with Crippen molar-refractivity contribution in [3.63, 3.8) is 0 Å². The van der Waals surface area contributed by atoms with E-state index in [4.69, 9.17) is 11.6 Å². The van der Waals surface area contributed by atoms with Gasteiger partial charge in [0, 0.05) is 18.0 Å². The van der Waals surface area contributed by atoms with E-state index in [0.717, 1.165) is 11.3 Å². The van der Waals surface area contributed by atoms with E-state index in [2.05, 4.69) is 15.0 Å². The molecule has 0 saturated carbocycles. The molecule has 2 heterocycles. The lowest BCUT2D eigenvalue weighted by atomic mass is 10.2. The zero-order valence-corrected chi connectivity index (χ0v) is 6.92. The molecule has 0 aliphatic rings. The number of halogens is 1. The summed E-state index contributed by atoms with van der Waals surface area (Å²) < 4.78 is 0. The lowest BCUT2D eigenvalue weighted by Crippen LogP contribution is -1.77. The van der Waals surface area contributed by atoms with Crippen LogP contribution in [-0.4, -0.2) is 15.0 Å². The predicted molar refractivity (Wildman–Crippen MR) is 46.8 cm³/mol. The normalized spacial score (nSPS) is 10.1. The average Bonchev–Trinajstić information content (AvgIpc) is 2.54. The Kier molecular flexibility index (Phi) is 1.80. The Bertz CT molecular complexity index is 369. The Hall–Kier alpha value is -1.35. The quantitative estimate of drug-likeness (QED) is 0.729. The van der Waals surface area contributed by atoms with Gasteiger partial charge in [-0.1, -0.05) is 0 Å². The molecule has 2 aromatic heterocycles. The molecule has 0 unspecified atom stereocenters. The van der Waals surface area contributed by atoms with Crippen molar-refractivity contribution in [1.82, 2.24) is 15.0 Å². The highest BCUT2D eigenvalue weighted by atomic mass is 35.5. The van der Waals surface area contributed by atoms with Crippen LogP contribution in [0.1, 0.15) is 0 Å². The van der Waals surface area contributed by atoms with Crippen molar-refractivity contribution in [2.75, 3.05) is 0 Å². The summed E-state index contributed by atoms with van der Waals surface area (Å²) >= 11 is 5.62. The summed E-state index contributed by atoms with van der Waals surface area (Å²) in [6.07, 6.45) is 5.16. The summed E-state index contributed by atoms with van der Waals surface area (Å²) in [6.45, 7) is 0. The van der Waals surface area contributed by atoms with Crippen LogP contribution in [0.15, 0.2) is 30.7 Å². The Morgan fingerprint density at radius 2 is 2.25 bits per heavy atom. The molecule has 60 valence electrons. The minimum Gasteiger partial charge on any atom is -0.329 e. The van der Waals surface area contributed by atoms with Crippen LogP contribution in [0.2, 0.25) is 5.28 Å². The van der Waals surface area contributed by atoms with Gasteiger partial charge in [-0.2, -0.15) is 0 Å². The van der Waals surface area contributed by atoms with E-state index >= 15 is 0 Å². The molecule has 1 N–H and O–H groups in total. The van der Waals surface area contributed by atoms with E-state index < -0.39 is 0 Å². The van der Waals surface area contributed by atoms with Crippen LogP contribution in [0.5, 0.6) is 0 Å². The summed E-state index contributed by atoms with van der Waals surface area (Å²) in [5.41, 5.74) is 1.87. The number of pyridine rings is 1. The van der Waals surface area contributed by atoms with Gasteiger partial charge >= 0.3 is 0 Å². The first-order valence-electron chi connectivity index (χ1n) is 3.47. The maximum atomic E-state index is 5.62. The molecule has 2 rings (SSSR count). The second-order valence-corrected chi connectivity index (χ2v) is 2.69. The molecule has 0 aliphatic carbocycles. The van der Waals surface area contributed by atoms with Crippen LogP contribution in [0, 0.1) is 0 Å². The Morgan fingerprint density at radius 1 is 1.33 bits per heavy atom. The molecule has 12 heavy (non-hydrogen) atoms. The average molecular weight is 180 g/mol. The van der Waals surface area contributed by atoms with Crippen molar-refractivity contribution in [2.24, 2.45) is 0 Å².